The SMILES string of the molecule is CCCCCN(c1ncccc1/C=C/C(=O)O)C(C)C. The van der Waals surface area contributed by atoms with E-state index in [0.29, 0.717) is 6.04 Å². The lowest BCUT2D eigenvalue weighted by Gasteiger charge is -2.29. The van der Waals surface area contributed by atoms with Crippen molar-refractivity contribution in [2.24, 2.45) is 0 Å². The lowest BCUT2D eigenvalue weighted by atomic mass is 10.1. The van der Waals surface area contributed by atoms with Crippen molar-refractivity contribution >= 4 is 17.9 Å². The second kappa shape index (κ2) is 8.35. The first-order chi connectivity index (χ1) is 9.56. The molecule has 0 spiro atoms. The lowest BCUT2D eigenvalue weighted by molar-refractivity contribution is -0.131. The van der Waals surface area contributed by atoms with Crippen molar-refractivity contribution in [3.8, 4) is 0 Å². The summed E-state index contributed by atoms with van der Waals surface area (Å²) in [6.07, 6.45) is 8.01. The minimum atomic E-state index is -0.943. The van der Waals surface area contributed by atoms with E-state index in [4.69, 9.17) is 5.11 Å². The van der Waals surface area contributed by atoms with Crippen LogP contribution in [0.3, 0.4) is 0 Å². The summed E-state index contributed by atoms with van der Waals surface area (Å²) >= 11 is 0. The quantitative estimate of drug-likeness (QED) is 0.582. The molecule has 4 heteroatoms. The van der Waals surface area contributed by atoms with E-state index >= 15 is 0 Å². The topological polar surface area (TPSA) is 53.4 Å². The van der Waals surface area contributed by atoms with E-state index in [-0.39, 0.29) is 0 Å². The molecule has 1 aromatic heterocycles. The van der Waals surface area contributed by atoms with Gasteiger partial charge in [0.25, 0.3) is 0 Å². The average molecular weight is 276 g/mol. The van der Waals surface area contributed by atoms with Gasteiger partial charge >= 0.3 is 5.97 Å². The number of carboxylic acid groups (broad SMARTS) is 1. The first-order valence-corrected chi connectivity index (χ1v) is 7.19. The normalized spacial score (nSPS) is 11.2. The third-order valence-corrected chi connectivity index (χ3v) is 3.12. The summed E-state index contributed by atoms with van der Waals surface area (Å²) in [6.45, 7) is 7.38. The molecule has 1 rings (SSSR count). The largest absolute Gasteiger partial charge is 0.478 e. The summed E-state index contributed by atoms with van der Waals surface area (Å²) in [6, 6.07) is 4.06. The van der Waals surface area contributed by atoms with E-state index in [1.54, 1.807) is 12.3 Å². The summed E-state index contributed by atoms with van der Waals surface area (Å²) in [5, 5.41) is 8.77. The minimum absolute atomic E-state index is 0.332. The number of pyridine rings is 1. The van der Waals surface area contributed by atoms with Crippen molar-refractivity contribution in [2.75, 3.05) is 11.4 Å². The van der Waals surface area contributed by atoms with Gasteiger partial charge in [-0.2, -0.15) is 0 Å². The first-order valence-electron chi connectivity index (χ1n) is 7.19. The Morgan fingerprint density at radius 3 is 2.80 bits per heavy atom. The molecule has 4 nitrogen and oxygen atoms in total. The van der Waals surface area contributed by atoms with E-state index < -0.39 is 5.97 Å². The second-order valence-electron chi connectivity index (χ2n) is 5.08. The smallest absolute Gasteiger partial charge is 0.328 e. The van der Waals surface area contributed by atoms with Gasteiger partial charge in [-0.05, 0) is 38.5 Å². The van der Waals surface area contributed by atoms with Gasteiger partial charge < -0.3 is 10.0 Å². The van der Waals surface area contributed by atoms with Crippen molar-refractivity contribution in [3.63, 3.8) is 0 Å². The average Bonchev–Trinajstić information content (AvgIpc) is 2.41. The monoisotopic (exact) mass is 276 g/mol. The van der Waals surface area contributed by atoms with Crippen molar-refractivity contribution < 1.29 is 9.90 Å². The van der Waals surface area contributed by atoms with Gasteiger partial charge in [0.05, 0.1) is 0 Å². The Morgan fingerprint density at radius 2 is 2.20 bits per heavy atom. The molecule has 0 radical (unpaired) electrons. The van der Waals surface area contributed by atoms with Gasteiger partial charge in [-0.3, -0.25) is 0 Å². The maximum atomic E-state index is 10.7. The molecule has 0 unspecified atom stereocenters. The number of nitrogens with zero attached hydrogens (tertiary/aromatic N) is 2. The predicted molar refractivity (Wildman–Crippen MR) is 82.9 cm³/mol. The second-order valence-corrected chi connectivity index (χ2v) is 5.08. The van der Waals surface area contributed by atoms with Gasteiger partial charge in [-0.15, -0.1) is 0 Å². The fraction of sp³-hybridized carbons (Fsp3) is 0.500. The van der Waals surface area contributed by atoms with Crippen molar-refractivity contribution in [1.29, 1.82) is 0 Å². The van der Waals surface area contributed by atoms with Gasteiger partial charge in [-0.1, -0.05) is 19.8 Å². The number of aromatic nitrogens is 1. The van der Waals surface area contributed by atoms with Crippen LogP contribution < -0.4 is 4.90 Å². The van der Waals surface area contributed by atoms with Crippen LogP contribution in [0.15, 0.2) is 24.4 Å². The Labute approximate surface area is 121 Å². The van der Waals surface area contributed by atoms with Crippen LogP contribution in [0.2, 0.25) is 0 Å². The maximum absolute atomic E-state index is 10.7. The fourth-order valence-electron chi connectivity index (χ4n) is 2.08. The van der Waals surface area contributed by atoms with Crippen molar-refractivity contribution in [3.05, 3.63) is 30.0 Å². The Hall–Kier alpha value is -1.84. The summed E-state index contributed by atoms with van der Waals surface area (Å²) in [4.78, 5) is 17.3. The van der Waals surface area contributed by atoms with Crippen molar-refractivity contribution in [1.82, 2.24) is 4.98 Å². The molecule has 110 valence electrons. The fourth-order valence-corrected chi connectivity index (χ4v) is 2.08. The van der Waals surface area contributed by atoms with Crippen LogP contribution in [0.5, 0.6) is 0 Å². The third-order valence-electron chi connectivity index (χ3n) is 3.12. The number of unbranched alkanes of at least 4 members (excludes halogenated alkanes) is 2. The molecular weight excluding hydrogens is 252 g/mol. The number of anilines is 1. The first kappa shape index (κ1) is 16.2. The third kappa shape index (κ3) is 5.03. The van der Waals surface area contributed by atoms with Crippen LogP contribution in [-0.4, -0.2) is 28.6 Å². The molecule has 1 N–H and O–H groups in total. The lowest BCUT2D eigenvalue weighted by Crippen LogP contribution is -2.33. The van der Waals surface area contributed by atoms with Crippen LogP contribution in [-0.2, 0) is 4.79 Å². The van der Waals surface area contributed by atoms with Crippen molar-refractivity contribution in [2.45, 2.75) is 46.1 Å². The Morgan fingerprint density at radius 1 is 1.45 bits per heavy atom. The summed E-state index contributed by atoms with van der Waals surface area (Å²) in [5.74, 6) is -0.0852. The number of carboxylic acids is 1. The van der Waals surface area contributed by atoms with Crippen LogP contribution >= 0.6 is 0 Å². The number of hydrogen-bond donors (Lipinski definition) is 1. The molecule has 0 amide bonds. The molecular formula is C16H24N2O2. The van der Waals surface area contributed by atoms with Gasteiger partial charge in [-0.25, -0.2) is 9.78 Å². The highest BCUT2D eigenvalue weighted by atomic mass is 16.4. The standard InChI is InChI=1S/C16H24N2O2/c1-4-5-6-12-18(13(2)3)16-14(8-7-11-17-16)9-10-15(19)20/h7-11,13H,4-6,12H2,1-3H3,(H,19,20)/b10-9+. The molecule has 0 fully saturated rings. The van der Waals surface area contributed by atoms with Crippen LogP contribution in [0.4, 0.5) is 5.82 Å². The Kier molecular flexibility index (Phi) is 6.77. The molecule has 0 saturated carbocycles. The molecule has 0 aliphatic heterocycles. The van der Waals surface area contributed by atoms with Crippen LogP contribution in [0, 0.1) is 0 Å². The Balaban J connectivity index is 2.97. The van der Waals surface area contributed by atoms with Crippen LogP contribution in [0.25, 0.3) is 6.08 Å². The van der Waals surface area contributed by atoms with E-state index in [2.05, 4.69) is 30.7 Å². The zero-order valence-corrected chi connectivity index (χ0v) is 12.5. The van der Waals surface area contributed by atoms with E-state index in [1.807, 2.05) is 12.1 Å². The summed E-state index contributed by atoms with van der Waals surface area (Å²) < 4.78 is 0. The van der Waals surface area contributed by atoms with E-state index in [9.17, 15) is 4.79 Å². The number of aliphatic carboxylic acids is 1. The van der Waals surface area contributed by atoms with Gasteiger partial charge in [0.15, 0.2) is 0 Å². The highest BCUT2D eigenvalue weighted by molar-refractivity contribution is 5.86. The van der Waals surface area contributed by atoms with Gasteiger partial charge in [0.2, 0.25) is 0 Å². The molecule has 0 aliphatic rings. The molecule has 0 bridgehead atoms. The minimum Gasteiger partial charge on any atom is -0.478 e. The number of rotatable bonds is 8. The van der Waals surface area contributed by atoms with E-state index in [1.165, 1.54) is 12.8 Å². The molecule has 0 saturated heterocycles. The van der Waals surface area contributed by atoms with E-state index in [0.717, 1.165) is 30.4 Å². The maximum Gasteiger partial charge on any atom is 0.328 e. The molecule has 1 aromatic rings. The molecule has 1 heterocycles. The highest BCUT2D eigenvalue weighted by Gasteiger charge is 2.14. The zero-order valence-electron chi connectivity index (χ0n) is 12.5. The molecule has 20 heavy (non-hydrogen) atoms. The predicted octanol–water partition coefficient (Wildman–Crippen LogP) is 3.58. The van der Waals surface area contributed by atoms with Crippen LogP contribution in [0.1, 0.15) is 45.6 Å². The summed E-state index contributed by atoms with van der Waals surface area (Å²) in [7, 11) is 0. The number of hydrogen-bond acceptors (Lipinski definition) is 3. The highest BCUT2D eigenvalue weighted by Crippen LogP contribution is 2.21. The molecule has 0 atom stereocenters. The molecule has 0 aromatic carbocycles. The van der Waals surface area contributed by atoms with Gasteiger partial charge in [0, 0.05) is 30.4 Å². The number of carbonyl (C=O) groups is 1. The zero-order chi connectivity index (χ0) is 15.0. The van der Waals surface area contributed by atoms with Gasteiger partial charge in [0.1, 0.15) is 5.82 Å². The summed E-state index contributed by atoms with van der Waals surface area (Å²) in [5.41, 5.74) is 0.847. The Bertz CT molecular complexity index is 456. The molecule has 0 aliphatic carbocycles.